The molecule has 0 aliphatic carbocycles. The highest BCUT2D eigenvalue weighted by molar-refractivity contribution is 7.98. The molecule has 21 heavy (non-hydrogen) atoms. The Hall–Kier alpha value is -2.35. The first-order valence-electron chi connectivity index (χ1n) is 5.85. The Kier molecular flexibility index (Phi) is 3.99. The van der Waals surface area contributed by atoms with Gasteiger partial charge in [-0.25, -0.2) is 9.59 Å². The van der Waals surface area contributed by atoms with Crippen LogP contribution in [-0.4, -0.2) is 56.9 Å². The number of benzene rings is 1. The summed E-state index contributed by atoms with van der Waals surface area (Å²) in [4.78, 5) is 47.3. The Morgan fingerprint density at radius 2 is 1.81 bits per heavy atom. The van der Waals surface area contributed by atoms with E-state index in [1.54, 1.807) is 6.26 Å². The molecule has 110 valence electrons. The molecule has 0 saturated heterocycles. The molecule has 1 aromatic carbocycles. The maximum absolute atomic E-state index is 12.2. The van der Waals surface area contributed by atoms with Gasteiger partial charge in [0.2, 0.25) is 0 Å². The average molecular weight is 309 g/mol. The van der Waals surface area contributed by atoms with E-state index in [2.05, 4.69) is 0 Å². The van der Waals surface area contributed by atoms with Gasteiger partial charge in [0.1, 0.15) is 6.04 Å². The molecule has 2 rings (SSSR count). The molecule has 0 bridgehead atoms. The number of thioether (sulfide) groups is 1. The lowest BCUT2D eigenvalue weighted by molar-refractivity contribution is -0.140. The Labute approximate surface area is 123 Å². The molecule has 1 heterocycles. The molecular formula is C13H11NO6S. The SMILES string of the molecule is CSCC(C(=O)O)N1C(=O)c2ccc(C(=O)O)cc2C1=O. The number of fused-ring (bicyclic) bond motifs is 1. The summed E-state index contributed by atoms with van der Waals surface area (Å²) in [6.07, 6.45) is 1.66. The van der Waals surface area contributed by atoms with E-state index < -0.39 is 29.8 Å². The monoisotopic (exact) mass is 309 g/mol. The van der Waals surface area contributed by atoms with Gasteiger partial charge in [-0.05, 0) is 24.5 Å². The van der Waals surface area contributed by atoms with Gasteiger partial charge in [0.15, 0.2) is 0 Å². The Bertz CT molecular complexity index is 656. The number of carbonyl (C=O) groups is 4. The predicted octanol–water partition coefficient (Wildman–Crippen LogP) is 0.797. The van der Waals surface area contributed by atoms with Crippen LogP contribution in [0.25, 0.3) is 0 Å². The molecular weight excluding hydrogens is 298 g/mol. The van der Waals surface area contributed by atoms with E-state index in [-0.39, 0.29) is 22.4 Å². The summed E-state index contributed by atoms with van der Waals surface area (Å²) in [5.74, 6) is -3.94. The molecule has 0 fully saturated rings. The Morgan fingerprint density at radius 1 is 1.19 bits per heavy atom. The first-order chi connectivity index (χ1) is 9.88. The number of hydrogen-bond acceptors (Lipinski definition) is 5. The summed E-state index contributed by atoms with van der Waals surface area (Å²) in [5, 5.41) is 18.1. The van der Waals surface area contributed by atoms with Crippen molar-refractivity contribution in [2.24, 2.45) is 0 Å². The van der Waals surface area contributed by atoms with Gasteiger partial charge in [0.05, 0.1) is 16.7 Å². The smallest absolute Gasteiger partial charge is 0.335 e. The van der Waals surface area contributed by atoms with Crippen LogP contribution < -0.4 is 0 Å². The zero-order valence-electron chi connectivity index (χ0n) is 10.9. The van der Waals surface area contributed by atoms with Crippen molar-refractivity contribution < 1.29 is 29.4 Å². The van der Waals surface area contributed by atoms with Crippen LogP contribution in [0.4, 0.5) is 0 Å². The van der Waals surface area contributed by atoms with E-state index in [4.69, 9.17) is 10.2 Å². The summed E-state index contributed by atoms with van der Waals surface area (Å²) < 4.78 is 0. The fourth-order valence-corrected chi connectivity index (χ4v) is 2.70. The standard InChI is InChI=1S/C13H11NO6S/c1-21-5-9(13(19)20)14-10(15)7-3-2-6(12(17)18)4-8(7)11(14)16/h2-4,9H,5H2,1H3,(H,17,18)(H,19,20). The molecule has 8 heteroatoms. The number of aliphatic carboxylic acids is 1. The van der Waals surface area contributed by atoms with Crippen molar-refractivity contribution >= 4 is 35.5 Å². The van der Waals surface area contributed by atoms with Crippen molar-refractivity contribution in [2.75, 3.05) is 12.0 Å². The van der Waals surface area contributed by atoms with Crippen molar-refractivity contribution in [1.82, 2.24) is 4.90 Å². The Morgan fingerprint density at radius 3 is 2.33 bits per heavy atom. The molecule has 1 unspecified atom stereocenters. The van der Waals surface area contributed by atoms with E-state index in [1.807, 2.05) is 0 Å². The van der Waals surface area contributed by atoms with Gasteiger partial charge in [-0.15, -0.1) is 0 Å². The first kappa shape index (κ1) is 15.0. The molecule has 7 nitrogen and oxygen atoms in total. The fraction of sp³-hybridized carbons (Fsp3) is 0.231. The maximum Gasteiger partial charge on any atom is 0.335 e. The van der Waals surface area contributed by atoms with Crippen molar-refractivity contribution in [1.29, 1.82) is 0 Å². The van der Waals surface area contributed by atoms with E-state index in [0.29, 0.717) is 4.90 Å². The number of nitrogens with zero attached hydrogens (tertiary/aromatic N) is 1. The number of carboxylic acid groups (broad SMARTS) is 2. The lowest BCUT2D eigenvalue weighted by Crippen LogP contribution is -2.46. The van der Waals surface area contributed by atoms with Gasteiger partial charge in [-0.3, -0.25) is 14.5 Å². The topological polar surface area (TPSA) is 112 Å². The second-order valence-electron chi connectivity index (χ2n) is 4.36. The van der Waals surface area contributed by atoms with E-state index in [0.717, 1.165) is 6.07 Å². The highest BCUT2D eigenvalue weighted by Gasteiger charge is 2.42. The number of carbonyl (C=O) groups excluding carboxylic acids is 2. The normalized spacial score (nSPS) is 15.0. The van der Waals surface area contributed by atoms with E-state index in [1.165, 1.54) is 23.9 Å². The average Bonchev–Trinajstić information content (AvgIpc) is 2.68. The number of aromatic carboxylic acids is 1. The minimum Gasteiger partial charge on any atom is -0.480 e. The summed E-state index contributed by atoms with van der Waals surface area (Å²) in [6, 6.07) is 2.26. The summed E-state index contributed by atoms with van der Waals surface area (Å²) >= 11 is 1.19. The molecule has 0 spiro atoms. The molecule has 1 atom stereocenters. The van der Waals surface area contributed by atoms with Crippen LogP contribution in [0.2, 0.25) is 0 Å². The van der Waals surface area contributed by atoms with Crippen LogP contribution in [0.1, 0.15) is 31.1 Å². The molecule has 0 radical (unpaired) electrons. The van der Waals surface area contributed by atoms with Crippen molar-refractivity contribution in [2.45, 2.75) is 6.04 Å². The second kappa shape index (κ2) is 5.57. The van der Waals surface area contributed by atoms with Crippen LogP contribution in [0, 0.1) is 0 Å². The van der Waals surface area contributed by atoms with Crippen molar-refractivity contribution in [3.8, 4) is 0 Å². The van der Waals surface area contributed by atoms with Gasteiger partial charge in [-0.1, -0.05) is 0 Å². The number of rotatable bonds is 5. The van der Waals surface area contributed by atoms with Gasteiger partial charge >= 0.3 is 11.9 Å². The van der Waals surface area contributed by atoms with E-state index in [9.17, 15) is 19.2 Å². The lowest BCUT2D eigenvalue weighted by atomic mass is 10.1. The van der Waals surface area contributed by atoms with Crippen LogP contribution >= 0.6 is 11.8 Å². The van der Waals surface area contributed by atoms with Gasteiger partial charge in [0, 0.05) is 5.75 Å². The van der Waals surface area contributed by atoms with E-state index >= 15 is 0 Å². The predicted molar refractivity (Wildman–Crippen MR) is 73.7 cm³/mol. The van der Waals surface area contributed by atoms with Crippen molar-refractivity contribution in [3.63, 3.8) is 0 Å². The molecule has 0 saturated carbocycles. The quantitative estimate of drug-likeness (QED) is 0.773. The van der Waals surface area contributed by atoms with Crippen LogP contribution in [0.3, 0.4) is 0 Å². The molecule has 2 amide bonds. The van der Waals surface area contributed by atoms with Gasteiger partial charge < -0.3 is 10.2 Å². The number of amides is 2. The zero-order chi connectivity index (χ0) is 15.7. The third-order valence-electron chi connectivity index (χ3n) is 3.09. The highest BCUT2D eigenvalue weighted by atomic mass is 32.2. The van der Waals surface area contributed by atoms with Gasteiger partial charge in [-0.2, -0.15) is 11.8 Å². The fourth-order valence-electron chi connectivity index (χ4n) is 2.09. The number of imide groups is 1. The summed E-state index contributed by atoms with van der Waals surface area (Å²) in [7, 11) is 0. The molecule has 1 aliphatic rings. The summed E-state index contributed by atoms with van der Waals surface area (Å²) in [6.45, 7) is 0. The first-order valence-corrected chi connectivity index (χ1v) is 7.24. The van der Waals surface area contributed by atoms with Crippen LogP contribution in [0.15, 0.2) is 18.2 Å². The van der Waals surface area contributed by atoms with Crippen LogP contribution in [0.5, 0.6) is 0 Å². The van der Waals surface area contributed by atoms with Crippen molar-refractivity contribution in [3.05, 3.63) is 34.9 Å². The summed E-state index contributed by atoms with van der Waals surface area (Å²) in [5.41, 5.74) is -0.182. The molecule has 0 aromatic heterocycles. The maximum atomic E-state index is 12.2. The zero-order valence-corrected chi connectivity index (χ0v) is 11.7. The highest BCUT2D eigenvalue weighted by Crippen LogP contribution is 2.27. The largest absolute Gasteiger partial charge is 0.480 e. The third-order valence-corrected chi connectivity index (χ3v) is 3.74. The number of hydrogen-bond donors (Lipinski definition) is 2. The third kappa shape index (κ3) is 2.49. The number of carboxylic acids is 2. The molecule has 1 aromatic rings. The Balaban J connectivity index is 2.46. The molecule has 1 aliphatic heterocycles. The lowest BCUT2D eigenvalue weighted by Gasteiger charge is -2.21. The van der Waals surface area contributed by atoms with Crippen LogP contribution in [-0.2, 0) is 4.79 Å². The minimum atomic E-state index is -1.28. The minimum absolute atomic E-state index is 0.0253. The van der Waals surface area contributed by atoms with Gasteiger partial charge in [0.25, 0.3) is 11.8 Å². The second-order valence-corrected chi connectivity index (χ2v) is 5.27. The molecule has 2 N–H and O–H groups in total.